The monoisotopic (exact) mass is 285 g/mol. The Hall–Kier alpha value is -2.56. The van der Waals surface area contributed by atoms with E-state index in [0.29, 0.717) is 17.9 Å². The molecule has 0 aromatic heterocycles. The van der Waals surface area contributed by atoms with E-state index in [2.05, 4.69) is 10.6 Å². The number of nitro benzene ring substituents is 1. The summed E-state index contributed by atoms with van der Waals surface area (Å²) >= 11 is 0. The molecular formula is C16H19N3O2. The van der Waals surface area contributed by atoms with Gasteiger partial charge in [0.25, 0.3) is 0 Å². The molecule has 5 nitrogen and oxygen atoms in total. The van der Waals surface area contributed by atoms with Gasteiger partial charge in [-0.2, -0.15) is 0 Å². The summed E-state index contributed by atoms with van der Waals surface area (Å²) in [7, 11) is 0. The average molecular weight is 285 g/mol. The number of rotatable bonds is 5. The van der Waals surface area contributed by atoms with Gasteiger partial charge in [0.05, 0.1) is 4.92 Å². The SMILES string of the molecule is CCNc1cccc(Nc2ccc(C)cc2C)c1[N+](=O)[O-]. The standard InChI is InChI=1S/C16H19N3O2/c1-4-17-14-6-5-7-15(16(14)19(20)21)18-13-9-8-11(2)10-12(13)3/h5-10,17-18H,4H2,1-3H3. The Morgan fingerprint density at radius 2 is 1.81 bits per heavy atom. The van der Waals surface area contributed by atoms with Gasteiger partial charge in [0.2, 0.25) is 0 Å². The van der Waals surface area contributed by atoms with Crippen LogP contribution >= 0.6 is 0 Å². The number of benzene rings is 2. The zero-order chi connectivity index (χ0) is 15.4. The lowest BCUT2D eigenvalue weighted by molar-refractivity contribution is -0.383. The highest BCUT2D eigenvalue weighted by atomic mass is 16.6. The first-order valence-electron chi connectivity index (χ1n) is 6.88. The molecule has 2 aromatic carbocycles. The Balaban J connectivity index is 2.43. The summed E-state index contributed by atoms with van der Waals surface area (Å²) in [6.07, 6.45) is 0. The van der Waals surface area contributed by atoms with Crippen molar-refractivity contribution in [3.8, 4) is 0 Å². The van der Waals surface area contributed by atoms with Crippen molar-refractivity contribution in [2.45, 2.75) is 20.8 Å². The Bertz CT molecular complexity index is 669. The van der Waals surface area contributed by atoms with Gasteiger partial charge in [-0.1, -0.05) is 23.8 Å². The fourth-order valence-corrected chi connectivity index (χ4v) is 2.27. The number of nitro groups is 1. The number of hydrogen-bond acceptors (Lipinski definition) is 4. The summed E-state index contributed by atoms with van der Waals surface area (Å²) in [5, 5.41) is 17.6. The van der Waals surface area contributed by atoms with Gasteiger partial charge >= 0.3 is 5.69 Å². The van der Waals surface area contributed by atoms with Gasteiger partial charge in [-0.15, -0.1) is 0 Å². The maximum absolute atomic E-state index is 11.4. The third-order valence-corrected chi connectivity index (χ3v) is 3.24. The fraction of sp³-hybridized carbons (Fsp3) is 0.250. The van der Waals surface area contributed by atoms with Crippen LogP contribution in [0.1, 0.15) is 18.1 Å². The molecule has 110 valence electrons. The molecule has 0 radical (unpaired) electrons. The molecule has 0 saturated heterocycles. The highest BCUT2D eigenvalue weighted by molar-refractivity contribution is 5.80. The smallest absolute Gasteiger partial charge is 0.315 e. The molecule has 2 N–H and O–H groups in total. The van der Waals surface area contributed by atoms with Crippen LogP contribution in [0.25, 0.3) is 0 Å². The van der Waals surface area contributed by atoms with Gasteiger partial charge in [-0.25, -0.2) is 0 Å². The predicted octanol–water partition coefficient (Wildman–Crippen LogP) is 4.39. The summed E-state index contributed by atoms with van der Waals surface area (Å²) in [5.74, 6) is 0. The lowest BCUT2D eigenvalue weighted by Crippen LogP contribution is -2.04. The molecule has 0 aliphatic rings. The van der Waals surface area contributed by atoms with Crippen molar-refractivity contribution < 1.29 is 4.92 Å². The zero-order valence-electron chi connectivity index (χ0n) is 12.4. The molecule has 2 rings (SSSR count). The lowest BCUT2D eigenvalue weighted by atomic mass is 10.1. The normalized spacial score (nSPS) is 10.2. The molecule has 21 heavy (non-hydrogen) atoms. The molecule has 0 atom stereocenters. The summed E-state index contributed by atoms with van der Waals surface area (Å²) in [6, 6.07) is 11.2. The van der Waals surface area contributed by atoms with Crippen LogP contribution in [0.2, 0.25) is 0 Å². The molecule has 0 spiro atoms. The first kappa shape index (κ1) is 14.8. The van der Waals surface area contributed by atoms with Crippen molar-refractivity contribution in [1.82, 2.24) is 0 Å². The maximum Gasteiger partial charge on any atom is 0.315 e. The van der Waals surface area contributed by atoms with Crippen molar-refractivity contribution in [3.05, 3.63) is 57.6 Å². The van der Waals surface area contributed by atoms with Gasteiger partial charge in [0, 0.05) is 12.2 Å². The predicted molar refractivity (Wildman–Crippen MR) is 86.5 cm³/mol. The quantitative estimate of drug-likeness (QED) is 0.631. The number of nitrogens with zero attached hydrogens (tertiary/aromatic N) is 1. The maximum atomic E-state index is 11.4. The summed E-state index contributed by atoms with van der Waals surface area (Å²) < 4.78 is 0. The molecule has 0 aliphatic heterocycles. The van der Waals surface area contributed by atoms with Crippen molar-refractivity contribution >= 4 is 22.7 Å². The van der Waals surface area contributed by atoms with E-state index in [1.807, 2.05) is 39.0 Å². The number of aryl methyl sites for hydroxylation is 2. The average Bonchev–Trinajstić information content (AvgIpc) is 2.42. The fourth-order valence-electron chi connectivity index (χ4n) is 2.27. The zero-order valence-corrected chi connectivity index (χ0v) is 12.4. The molecule has 0 unspecified atom stereocenters. The van der Waals surface area contributed by atoms with Gasteiger partial charge in [-0.3, -0.25) is 10.1 Å². The lowest BCUT2D eigenvalue weighted by Gasteiger charge is -2.13. The van der Waals surface area contributed by atoms with Crippen molar-refractivity contribution in [2.75, 3.05) is 17.2 Å². The molecule has 0 fully saturated rings. The number of anilines is 3. The number of hydrogen-bond donors (Lipinski definition) is 2. The van der Waals surface area contributed by atoms with Crippen molar-refractivity contribution in [1.29, 1.82) is 0 Å². The van der Waals surface area contributed by atoms with Crippen LogP contribution in [0.15, 0.2) is 36.4 Å². The van der Waals surface area contributed by atoms with Gasteiger partial charge in [0.15, 0.2) is 0 Å². The Morgan fingerprint density at radius 1 is 1.10 bits per heavy atom. The minimum Gasteiger partial charge on any atom is -0.380 e. The minimum atomic E-state index is -0.357. The molecule has 2 aromatic rings. The Labute approximate surface area is 124 Å². The van der Waals surface area contributed by atoms with Gasteiger partial charge < -0.3 is 10.6 Å². The summed E-state index contributed by atoms with van der Waals surface area (Å²) in [5.41, 5.74) is 4.17. The third-order valence-electron chi connectivity index (χ3n) is 3.24. The van der Waals surface area contributed by atoms with Crippen LogP contribution < -0.4 is 10.6 Å². The van der Waals surface area contributed by atoms with E-state index in [1.165, 1.54) is 0 Å². The van der Waals surface area contributed by atoms with E-state index < -0.39 is 0 Å². The molecule has 0 bridgehead atoms. The van der Waals surface area contributed by atoms with Crippen LogP contribution in [0.5, 0.6) is 0 Å². The topological polar surface area (TPSA) is 67.2 Å². The first-order valence-corrected chi connectivity index (χ1v) is 6.88. The largest absolute Gasteiger partial charge is 0.380 e. The second-order valence-electron chi connectivity index (χ2n) is 4.93. The Kier molecular flexibility index (Phi) is 4.42. The van der Waals surface area contributed by atoms with Crippen molar-refractivity contribution in [3.63, 3.8) is 0 Å². The molecule has 0 saturated carbocycles. The van der Waals surface area contributed by atoms with Gasteiger partial charge in [0.1, 0.15) is 11.4 Å². The first-order chi connectivity index (χ1) is 10.0. The van der Waals surface area contributed by atoms with Crippen LogP contribution in [-0.4, -0.2) is 11.5 Å². The summed E-state index contributed by atoms with van der Waals surface area (Å²) in [6.45, 7) is 6.54. The molecular weight excluding hydrogens is 266 g/mol. The third kappa shape index (κ3) is 3.31. The molecule has 0 heterocycles. The second kappa shape index (κ2) is 6.26. The van der Waals surface area contributed by atoms with Crippen LogP contribution in [-0.2, 0) is 0 Å². The minimum absolute atomic E-state index is 0.0688. The summed E-state index contributed by atoms with van der Waals surface area (Å²) in [4.78, 5) is 11.0. The highest BCUT2D eigenvalue weighted by Gasteiger charge is 2.19. The second-order valence-corrected chi connectivity index (χ2v) is 4.93. The molecule has 0 amide bonds. The number of nitrogens with one attached hydrogen (secondary N) is 2. The van der Waals surface area contributed by atoms with E-state index in [4.69, 9.17) is 0 Å². The van der Waals surface area contributed by atoms with Crippen molar-refractivity contribution in [2.24, 2.45) is 0 Å². The van der Waals surface area contributed by atoms with E-state index in [9.17, 15) is 10.1 Å². The van der Waals surface area contributed by atoms with Crippen LogP contribution in [0.3, 0.4) is 0 Å². The van der Waals surface area contributed by atoms with Crippen LogP contribution in [0, 0.1) is 24.0 Å². The van der Waals surface area contributed by atoms with E-state index in [1.54, 1.807) is 18.2 Å². The molecule has 5 heteroatoms. The van der Waals surface area contributed by atoms with E-state index in [0.717, 1.165) is 16.8 Å². The molecule has 0 aliphatic carbocycles. The number of para-hydroxylation sites is 1. The van der Waals surface area contributed by atoms with E-state index >= 15 is 0 Å². The van der Waals surface area contributed by atoms with Crippen LogP contribution in [0.4, 0.5) is 22.7 Å². The highest BCUT2D eigenvalue weighted by Crippen LogP contribution is 2.35. The van der Waals surface area contributed by atoms with Gasteiger partial charge in [-0.05, 0) is 44.5 Å². The Morgan fingerprint density at radius 3 is 2.43 bits per heavy atom. The van der Waals surface area contributed by atoms with E-state index in [-0.39, 0.29) is 10.6 Å².